The minimum atomic E-state index is -3.32. The Morgan fingerprint density at radius 2 is 2.00 bits per heavy atom. The van der Waals surface area contributed by atoms with Crippen molar-refractivity contribution < 1.29 is 23.1 Å². The van der Waals surface area contributed by atoms with Crippen molar-refractivity contribution >= 4 is 27.1 Å². The van der Waals surface area contributed by atoms with E-state index >= 15 is 0 Å². The maximum atomic E-state index is 13.0. The Labute approximate surface area is 226 Å². The van der Waals surface area contributed by atoms with Gasteiger partial charge in [-0.2, -0.15) is 0 Å². The van der Waals surface area contributed by atoms with Crippen LogP contribution in [-0.2, 0) is 31.5 Å². The lowest BCUT2D eigenvalue weighted by molar-refractivity contribution is -0.134. The average molecular weight is 556 g/mol. The van der Waals surface area contributed by atoms with Gasteiger partial charge in [0.2, 0.25) is 5.91 Å². The van der Waals surface area contributed by atoms with Gasteiger partial charge in [-0.25, -0.2) is 13.4 Å². The summed E-state index contributed by atoms with van der Waals surface area (Å²) in [6, 6.07) is 0. The first kappa shape index (κ1) is 28.9. The Kier molecular flexibility index (Phi) is 8.47. The Hall–Kier alpha value is -1.07. The molecule has 1 aliphatic heterocycles. The molecule has 8 nitrogen and oxygen atoms in total. The predicted octanol–water partition coefficient (Wildman–Crippen LogP) is 2.99. The van der Waals surface area contributed by atoms with E-state index in [1.807, 2.05) is 6.92 Å². The van der Waals surface area contributed by atoms with Gasteiger partial charge in [-0.3, -0.25) is 9.69 Å². The normalized spacial score (nSPS) is 31.9. The van der Waals surface area contributed by atoms with Crippen molar-refractivity contribution in [1.82, 2.24) is 15.2 Å². The fourth-order valence-corrected chi connectivity index (χ4v) is 9.25. The fourth-order valence-electron chi connectivity index (χ4n) is 6.56. The number of morpholine rings is 1. The molecular formula is C27H45N3O5S2. The van der Waals surface area contributed by atoms with Gasteiger partial charge in [-0.15, -0.1) is 11.3 Å². The summed E-state index contributed by atoms with van der Waals surface area (Å²) in [7, 11) is -3.32. The number of sulfone groups is 1. The van der Waals surface area contributed by atoms with Crippen molar-refractivity contribution in [3.8, 4) is 0 Å². The summed E-state index contributed by atoms with van der Waals surface area (Å²) in [5, 5.41) is 15.4. The lowest BCUT2D eigenvalue weighted by Gasteiger charge is -2.53. The quantitative estimate of drug-likeness (QED) is 0.532. The predicted molar refractivity (Wildman–Crippen MR) is 146 cm³/mol. The number of hydrogen-bond acceptors (Lipinski definition) is 8. The Morgan fingerprint density at radius 3 is 2.65 bits per heavy atom. The van der Waals surface area contributed by atoms with Crippen molar-refractivity contribution in [2.45, 2.75) is 83.3 Å². The molecule has 1 saturated heterocycles. The first-order chi connectivity index (χ1) is 17.2. The lowest BCUT2D eigenvalue weighted by atomic mass is 9.53. The molecule has 0 radical (unpaired) electrons. The van der Waals surface area contributed by atoms with Crippen LogP contribution in [0, 0.1) is 23.2 Å². The van der Waals surface area contributed by atoms with E-state index in [1.54, 1.807) is 20.8 Å². The maximum absolute atomic E-state index is 13.0. The summed E-state index contributed by atoms with van der Waals surface area (Å²) >= 11 is 1.52. The Bertz CT molecular complexity index is 1080. The van der Waals surface area contributed by atoms with Crippen molar-refractivity contribution in [1.29, 1.82) is 0 Å². The highest BCUT2D eigenvalue weighted by Gasteiger charge is 2.54. The average Bonchev–Trinajstić information content (AvgIpc) is 3.19. The zero-order valence-electron chi connectivity index (χ0n) is 23.2. The highest BCUT2D eigenvalue weighted by Crippen LogP contribution is 2.57. The van der Waals surface area contributed by atoms with E-state index in [0.29, 0.717) is 11.6 Å². The van der Waals surface area contributed by atoms with E-state index in [-0.39, 0.29) is 40.7 Å². The van der Waals surface area contributed by atoms with E-state index in [2.05, 4.69) is 24.1 Å². The Morgan fingerprint density at radius 1 is 1.32 bits per heavy atom. The van der Waals surface area contributed by atoms with E-state index in [9.17, 15) is 18.3 Å². The van der Waals surface area contributed by atoms with Gasteiger partial charge in [0, 0.05) is 42.9 Å². The first-order valence-electron chi connectivity index (χ1n) is 13.7. The molecule has 1 saturated carbocycles. The minimum Gasteiger partial charge on any atom is -0.392 e. The summed E-state index contributed by atoms with van der Waals surface area (Å²) < 4.78 is 30.2. The number of aliphatic hydroxyl groups excluding tert-OH is 1. The van der Waals surface area contributed by atoms with Crippen LogP contribution in [0.3, 0.4) is 0 Å². The van der Waals surface area contributed by atoms with Crippen molar-refractivity contribution in [3.63, 3.8) is 0 Å². The molecule has 1 aromatic heterocycles. The molecule has 2 aliphatic carbocycles. The zero-order chi connectivity index (χ0) is 27.2. The summed E-state index contributed by atoms with van der Waals surface area (Å²) in [6.45, 7) is 16.2. The molecule has 210 valence electrons. The standard InChI is InChI=1S/C27H45N3O5S2/c1-17(25(32)28-9-10-30-11-13-35-14-12-30)19-7-8-27(6)15-20-23(18(2)22(27)24(19)31)29-21(36-20)16-37(33,34)26(3,4)5/h17-19,22,24,31H,7-16H2,1-6H3,(H,28,32). The van der Waals surface area contributed by atoms with E-state index in [1.165, 1.54) is 11.3 Å². The SMILES string of the molecule is CC(C(=O)NCCN1CCOCC1)C1CCC2(C)Cc3sc(CS(=O)(=O)C(C)(C)C)nc3C(C)C2C1O. The van der Waals surface area contributed by atoms with Crippen molar-refractivity contribution in [2.75, 3.05) is 39.4 Å². The molecule has 0 aromatic carbocycles. The molecule has 6 atom stereocenters. The number of nitrogens with zero attached hydrogens (tertiary/aromatic N) is 2. The zero-order valence-corrected chi connectivity index (χ0v) is 24.9. The second kappa shape index (κ2) is 10.8. The fraction of sp³-hybridized carbons (Fsp3) is 0.852. The molecule has 6 unspecified atom stereocenters. The van der Waals surface area contributed by atoms with Gasteiger partial charge in [0.15, 0.2) is 9.84 Å². The van der Waals surface area contributed by atoms with E-state index in [4.69, 9.17) is 9.72 Å². The number of rotatable bonds is 7. The number of ether oxygens (including phenoxy) is 1. The van der Waals surface area contributed by atoms with Crippen LogP contribution in [0.2, 0.25) is 0 Å². The molecule has 4 rings (SSSR count). The van der Waals surface area contributed by atoms with Gasteiger partial charge >= 0.3 is 0 Å². The van der Waals surface area contributed by atoms with E-state index in [0.717, 1.165) is 62.7 Å². The van der Waals surface area contributed by atoms with Gasteiger partial charge in [-0.1, -0.05) is 20.8 Å². The van der Waals surface area contributed by atoms with Gasteiger partial charge in [0.05, 0.1) is 29.8 Å². The van der Waals surface area contributed by atoms with Gasteiger partial charge in [0.1, 0.15) is 10.8 Å². The minimum absolute atomic E-state index is 0.00507. The monoisotopic (exact) mass is 555 g/mol. The number of aliphatic hydroxyl groups is 1. The number of carbonyl (C=O) groups excluding carboxylic acids is 1. The molecule has 1 amide bonds. The van der Waals surface area contributed by atoms with Crippen LogP contribution < -0.4 is 5.32 Å². The molecule has 2 N–H and O–H groups in total. The summed E-state index contributed by atoms with van der Waals surface area (Å²) in [5.74, 6) is -0.434. The molecule has 1 aromatic rings. The van der Waals surface area contributed by atoms with Gasteiger partial charge < -0.3 is 15.2 Å². The van der Waals surface area contributed by atoms with Gasteiger partial charge in [-0.05, 0) is 57.3 Å². The number of thiazole rings is 1. The molecule has 2 fully saturated rings. The number of aromatic nitrogens is 1. The van der Waals surface area contributed by atoms with Crippen LogP contribution in [0.1, 0.15) is 75.9 Å². The van der Waals surface area contributed by atoms with Crippen LogP contribution in [0.15, 0.2) is 0 Å². The van der Waals surface area contributed by atoms with Gasteiger partial charge in [0.25, 0.3) is 0 Å². The third-order valence-corrected chi connectivity index (χ3v) is 12.9. The number of hydrogen-bond donors (Lipinski definition) is 2. The number of carbonyl (C=O) groups is 1. The summed E-state index contributed by atoms with van der Waals surface area (Å²) in [5.41, 5.74) is 0.843. The Balaban J connectivity index is 1.44. The van der Waals surface area contributed by atoms with Crippen LogP contribution in [-0.4, -0.2) is 79.6 Å². The van der Waals surface area contributed by atoms with Crippen molar-refractivity contribution in [2.24, 2.45) is 23.2 Å². The largest absolute Gasteiger partial charge is 0.392 e. The molecular weight excluding hydrogens is 510 g/mol. The van der Waals surface area contributed by atoms with Crippen LogP contribution in [0.5, 0.6) is 0 Å². The number of nitrogens with one attached hydrogen (secondary N) is 1. The molecule has 3 aliphatic rings. The molecule has 0 bridgehead atoms. The number of fused-ring (bicyclic) bond motifs is 2. The third-order valence-electron chi connectivity index (χ3n) is 9.10. The lowest BCUT2D eigenvalue weighted by Crippen LogP contribution is -2.53. The smallest absolute Gasteiger partial charge is 0.223 e. The van der Waals surface area contributed by atoms with E-state index < -0.39 is 20.7 Å². The van der Waals surface area contributed by atoms with Crippen LogP contribution >= 0.6 is 11.3 Å². The first-order valence-corrected chi connectivity index (χ1v) is 16.2. The topological polar surface area (TPSA) is 109 Å². The second-order valence-corrected chi connectivity index (χ2v) is 16.6. The molecule has 10 heteroatoms. The third kappa shape index (κ3) is 5.93. The molecule has 0 spiro atoms. The second-order valence-electron chi connectivity index (χ2n) is 12.7. The maximum Gasteiger partial charge on any atom is 0.223 e. The summed E-state index contributed by atoms with van der Waals surface area (Å²) in [4.78, 5) is 21.3. The van der Waals surface area contributed by atoms with Crippen LogP contribution in [0.4, 0.5) is 0 Å². The highest BCUT2D eigenvalue weighted by molar-refractivity contribution is 7.92. The van der Waals surface area contributed by atoms with Crippen molar-refractivity contribution in [3.05, 3.63) is 15.6 Å². The molecule has 37 heavy (non-hydrogen) atoms. The van der Waals surface area contributed by atoms with Crippen LogP contribution in [0.25, 0.3) is 0 Å². The summed E-state index contributed by atoms with van der Waals surface area (Å²) in [6.07, 6.45) is 1.93. The highest BCUT2D eigenvalue weighted by atomic mass is 32.2. The number of amides is 1. The molecule has 2 heterocycles.